The Labute approximate surface area is 230 Å². The summed E-state index contributed by atoms with van der Waals surface area (Å²) in [4.78, 5) is 28.1. The average molecular weight is 528 g/mol. The fourth-order valence-electron chi connectivity index (χ4n) is 4.84. The predicted molar refractivity (Wildman–Crippen MR) is 153 cm³/mol. The minimum absolute atomic E-state index is 0.0263. The number of rotatable bonds is 11. The molecule has 1 aliphatic rings. The van der Waals surface area contributed by atoms with Crippen molar-refractivity contribution in [2.45, 2.75) is 65.7 Å². The summed E-state index contributed by atoms with van der Waals surface area (Å²) in [5.74, 6) is -0.0408. The zero-order valence-electron chi connectivity index (χ0n) is 23.1. The number of carbonyl (C=O) groups is 2. The second-order valence-corrected chi connectivity index (χ2v) is 10.2. The number of aliphatic hydroxyl groups is 1. The van der Waals surface area contributed by atoms with Crippen LogP contribution in [0.15, 0.2) is 78.4 Å². The Morgan fingerprint density at radius 2 is 1.69 bits per heavy atom. The van der Waals surface area contributed by atoms with Gasteiger partial charge in [-0.05, 0) is 74.2 Å². The van der Waals surface area contributed by atoms with Gasteiger partial charge in [-0.25, -0.2) is 0 Å². The smallest absolute Gasteiger partial charge is 0.295 e. The Kier molecular flexibility index (Phi) is 9.07. The summed E-state index contributed by atoms with van der Waals surface area (Å²) in [6.07, 6.45) is 2.74. The van der Waals surface area contributed by atoms with Crippen molar-refractivity contribution >= 4 is 17.4 Å². The topological polar surface area (TPSA) is 76.1 Å². The highest BCUT2D eigenvalue weighted by Crippen LogP contribution is 2.40. The Morgan fingerprint density at radius 3 is 2.33 bits per heavy atom. The minimum atomic E-state index is -0.677. The van der Waals surface area contributed by atoms with Crippen molar-refractivity contribution in [3.8, 4) is 11.5 Å². The van der Waals surface area contributed by atoms with Crippen LogP contribution in [0.5, 0.6) is 11.5 Å². The largest absolute Gasteiger partial charge is 0.507 e. The van der Waals surface area contributed by atoms with Gasteiger partial charge in [0.15, 0.2) is 0 Å². The highest BCUT2D eigenvalue weighted by atomic mass is 16.5. The fourth-order valence-corrected chi connectivity index (χ4v) is 4.84. The molecule has 1 heterocycles. The van der Waals surface area contributed by atoms with Crippen LogP contribution in [0.4, 0.5) is 0 Å². The van der Waals surface area contributed by atoms with E-state index in [9.17, 15) is 14.7 Å². The first-order chi connectivity index (χ1) is 18.8. The molecular weight excluding hydrogens is 490 g/mol. The van der Waals surface area contributed by atoms with Gasteiger partial charge in [0.05, 0.1) is 17.7 Å². The molecule has 3 aromatic carbocycles. The number of ketones is 1. The molecule has 0 saturated carbocycles. The zero-order valence-corrected chi connectivity index (χ0v) is 23.1. The molecule has 4 rings (SSSR count). The monoisotopic (exact) mass is 527 g/mol. The summed E-state index contributed by atoms with van der Waals surface area (Å²) in [6, 6.07) is 21.9. The van der Waals surface area contributed by atoms with Gasteiger partial charge in [0.25, 0.3) is 11.7 Å². The van der Waals surface area contributed by atoms with Crippen molar-refractivity contribution in [2.75, 3.05) is 6.54 Å². The molecule has 204 valence electrons. The quantitative estimate of drug-likeness (QED) is 0.126. The van der Waals surface area contributed by atoms with Crippen molar-refractivity contribution in [2.24, 2.45) is 0 Å². The first-order valence-corrected chi connectivity index (χ1v) is 13.6. The summed E-state index contributed by atoms with van der Waals surface area (Å²) in [7, 11) is 0. The molecule has 0 bridgehead atoms. The molecule has 1 amide bonds. The number of Topliss-reactive ketones (excluding diaryl/α,β-unsaturated/α-hetero) is 1. The van der Waals surface area contributed by atoms with Gasteiger partial charge in [-0.1, -0.05) is 62.2 Å². The molecule has 39 heavy (non-hydrogen) atoms. The standard InChI is InChI=1S/C33H37NO5/c1-5-6-10-19-34-30(25-13-16-27(17-14-25)39-22(2)3)29(32(36)33(34)37)31(35)26-15-18-28(23(4)20-26)38-21-24-11-8-7-9-12-24/h7-9,11-18,20,22,30,35H,5-6,10,19,21H2,1-4H3/b31-29-. The summed E-state index contributed by atoms with van der Waals surface area (Å²) in [5.41, 5.74) is 3.20. The number of hydrogen-bond donors (Lipinski definition) is 1. The lowest BCUT2D eigenvalue weighted by molar-refractivity contribution is -0.139. The summed E-state index contributed by atoms with van der Waals surface area (Å²) in [5, 5.41) is 11.4. The zero-order chi connectivity index (χ0) is 27.9. The van der Waals surface area contributed by atoms with Crippen LogP contribution in [0.1, 0.15) is 68.3 Å². The van der Waals surface area contributed by atoms with Crippen molar-refractivity contribution in [1.82, 2.24) is 4.90 Å². The number of aliphatic hydroxyl groups excluding tert-OH is 1. The van der Waals surface area contributed by atoms with Crippen LogP contribution >= 0.6 is 0 Å². The van der Waals surface area contributed by atoms with Crippen molar-refractivity contribution in [1.29, 1.82) is 0 Å². The van der Waals surface area contributed by atoms with E-state index >= 15 is 0 Å². The van der Waals surface area contributed by atoms with Crippen molar-refractivity contribution < 1.29 is 24.2 Å². The van der Waals surface area contributed by atoms with Gasteiger partial charge in [-0.15, -0.1) is 0 Å². The molecule has 0 spiro atoms. The third-order valence-corrected chi connectivity index (χ3v) is 6.80. The number of carbonyl (C=O) groups excluding carboxylic acids is 2. The molecule has 6 nitrogen and oxygen atoms in total. The third kappa shape index (κ3) is 6.51. The normalized spacial score (nSPS) is 16.6. The first-order valence-electron chi connectivity index (χ1n) is 13.6. The number of hydrogen-bond acceptors (Lipinski definition) is 5. The predicted octanol–water partition coefficient (Wildman–Crippen LogP) is 6.97. The highest BCUT2D eigenvalue weighted by Gasteiger charge is 2.45. The molecule has 1 atom stereocenters. The lowest BCUT2D eigenvalue weighted by Gasteiger charge is -2.25. The number of ether oxygens (including phenoxy) is 2. The molecule has 1 unspecified atom stereocenters. The van der Waals surface area contributed by atoms with E-state index in [1.165, 1.54) is 0 Å². The van der Waals surface area contributed by atoms with E-state index < -0.39 is 17.7 Å². The number of aryl methyl sites for hydroxylation is 1. The highest BCUT2D eigenvalue weighted by molar-refractivity contribution is 6.46. The average Bonchev–Trinajstić information content (AvgIpc) is 3.18. The molecule has 1 fully saturated rings. The Morgan fingerprint density at radius 1 is 0.974 bits per heavy atom. The summed E-state index contributed by atoms with van der Waals surface area (Å²) < 4.78 is 11.8. The second-order valence-electron chi connectivity index (χ2n) is 10.2. The van der Waals surface area contributed by atoms with Crippen molar-refractivity contribution in [3.63, 3.8) is 0 Å². The number of benzene rings is 3. The van der Waals surface area contributed by atoms with Gasteiger partial charge < -0.3 is 19.5 Å². The lowest BCUT2D eigenvalue weighted by Crippen LogP contribution is -2.30. The van der Waals surface area contributed by atoms with E-state index in [4.69, 9.17) is 9.47 Å². The van der Waals surface area contributed by atoms with Crippen LogP contribution in [0, 0.1) is 6.92 Å². The molecule has 1 N–H and O–H groups in total. The van der Waals surface area contributed by atoms with Gasteiger partial charge in [0.2, 0.25) is 0 Å². The Balaban J connectivity index is 1.68. The summed E-state index contributed by atoms with van der Waals surface area (Å²) in [6.45, 7) is 8.76. The molecule has 0 aromatic heterocycles. The van der Waals surface area contributed by atoms with E-state index in [2.05, 4.69) is 6.92 Å². The molecule has 3 aromatic rings. The first kappa shape index (κ1) is 28.0. The van der Waals surface area contributed by atoms with E-state index in [1.807, 2.05) is 75.4 Å². The number of amides is 1. The molecule has 6 heteroatoms. The second kappa shape index (κ2) is 12.7. The van der Waals surface area contributed by atoms with Crippen LogP contribution in [0.2, 0.25) is 0 Å². The van der Waals surface area contributed by atoms with E-state index in [-0.39, 0.29) is 17.4 Å². The van der Waals surface area contributed by atoms with E-state index in [0.717, 1.165) is 36.0 Å². The maximum absolute atomic E-state index is 13.3. The van der Waals surface area contributed by atoms with Crippen LogP contribution in [-0.4, -0.2) is 34.3 Å². The SMILES string of the molecule is CCCCCN1C(=O)C(=O)/C(=C(\O)c2ccc(OCc3ccccc3)c(C)c2)C1c1ccc(OC(C)C)cc1. The van der Waals surface area contributed by atoms with Gasteiger partial charge in [-0.2, -0.15) is 0 Å². The maximum atomic E-state index is 13.3. The minimum Gasteiger partial charge on any atom is -0.507 e. The van der Waals surface area contributed by atoms with E-state index in [1.54, 1.807) is 23.1 Å². The molecule has 1 aliphatic heterocycles. The number of likely N-dealkylation sites (tertiary alicyclic amines) is 1. The third-order valence-electron chi connectivity index (χ3n) is 6.80. The lowest BCUT2D eigenvalue weighted by atomic mass is 9.94. The summed E-state index contributed by atoms with van der Waals surface area (Å²) >= 11 is 0. The van der Waals surface area contributed by atoms with Crippen LogP contribution < -0.4 is 9.47 Å². The van der Waals surface area contributed by atoms with Crippen LogP contribution in [0.3, 0.4) is 0 Å². The Bertz CT molecular complexity index is 1330. The van der Waals surface area contributed by atoms with Gasteiger partial charge in [-0.3, -0.25) is 9.59 Å². The fraction of sp³-hybridized carbons (Fsp3) is 0.333. The van der Waals surface area contributed by atoms with Crippen LogP contribution in [-0.2, 0) is 16.2 Å². The van der Waals surface area contributed by atoms with Crippen molar-refractivity contribution in [3.05, 3.63) is 101 Å². The molecule has 1 saturated heterocycles. The van der Waals surface area contributed by atoms with Crippen LogP contribution in [0.25, 0.3) is 5.76 Å². The molecule has 0 radical (unpaired) electrons. The van der Waals surface area contributed by atoms with Gasteiger partial charge in [0.1, 0.15) is 23.9 Å². The maximum Gasteiger partial charge on any atom is 0.295 e. The van der Waals surface area contributed by atoms with Gasteiger partial charge >= 0.3 is 0 Å². The van der Waals surface area contributed by atoms with Gasteiger partial charge in [0, 0.05) is 12.1 Å². The Hall–Kier alpha value is -4.06. The molecular formula is C33H37NO5. The number of nitrogens with zero attached hydrogens (tertiary/aromatic N) is 1. The van der Waals surface area contributed by atoms with E-state index in [0.29, 0.717) is 30.2 Å². The molecule has 0 aliphatic carbocycles. The number of unbranched alkanes of at least 4 members (excludes halogenated alkanes) is 2.